The van der Waals surface area contributed by atoms with Gasteiger partial charge in [0, 0.05) is 24.2 Å². The van der Waals surface area contributed by atoms with Gasteiger partial charge in [0.1, 0.15) is 6.07 Å². The van der Waals surface area contributed by atoms with Crippen molar-refractivity contribution in [3.8, 4) is 6.07 Å². The Bertz CT molecular complexity index is 667. The van der Waals surface area contributed by atoms with Crippen molar-refractivity contribution in [2.24, 2.45) is 5.41 Å². The molecule has 1 spiro atoms. The summed E-state index contributed by atoms with van der Waals surface area (Å²) < 4.78 is 5.75. The van der Waals surface area contributed by atoms with Gasteiger partial charge in [0.25, 0.3) is 0 Å². The van der Waals surface area contributed by atoms with Crippen LogP contribution in [0.1, 0.15) is 31.7 Å². The van der Waals surface area contributed by atoms with Crippen LogP contribution in [0, 0.1) is 16.7 Å². The van der Waals surface area contributed by atoms with Gasteiger partial charge < -0.3 is 10.1 Å². The van der Waals surface area contributed by atoms with Crippen LogP contribution < -0.4 is 5.32 Å². The number of nitriles is 1. The quantitative estimate of drug-likeness (QED) is 0.912. The molecule has 2 aliphatic rings. The lowest BCUT2D eigenvalue weighted by Crippen LogP contribution is -2.49. The van der Waals surface area contributed by atoms with E-state index < -0.39 is 0 Å². The highest BCUT2D eigenvalue weighted by Gasteiger charge is 2.41. The van der Waals surface area contributed by atoms with Crippen molar-refractivity contribution in [3.05, 3.63) is 28.8 Å². The van der Waals surface area contributed by atoms with E-state index in [1.807, 2.05) is 13.0 Å². The molecule has 1 saturated carbocycles. The van der Waals surface area contributed by atoms with E-state index >= 15 is 0 Å². The van der Waals surface area contributed by atoms with Crippen LogP contribution in [0.3, 0.4) is 0 Å². The first-order valence-corrected chi connectivity index (χ1v) is 8.73. The summed E-state index contributed by atoms with van der Waals surface area (Å²) in [4.78, 5) is 14.8. The second kappa shape index (κ2) is 7.10. The van der Waals surface area contributed by atoms with Crippen molar-refractivity contribution in [3.63, 3.8) is 0 Å². The van der Waals surface area contributed by atoms with E-state index in [0.717, 1.165) is 19.7 Å². The van der Waals surface area contributed by atoms with Crippen LogP contribution in [-0.4, -0.2) is 43.2 Å². The molecule has 1 atom stereocenters. The summed E-state index contributed by atoms with van der Waals surface area (Å²) in [5.74, 6) is -0.0628. The first-order chi connectivity index (χ1) is 11.5. The molecule has 0 radical (unpaired) electrons. The molecule has 1 aliphatic carbocycles. The summed E-state index contributed by atoms with van der Waals surface area (Å²) in [5.41, 5.74) is 1.25. The zero-order valence-corrected chi connectivity index (χ0v) is 14.6. The van der Waals surface area contributed by atoms with E-state index in [1.54, 1.807) is 18.2 Å². The van der Waals surface area contributed by atoms with Gasteiger partial charge in [0.2, 0.25) is 5.91 Å². The molecule has 1 saturated heterocycles. The molecular formula is C18H22ClN3O2. The third kappa shape index (κ3) is 3.56. The zero-order chi connectivity index (χ0) is 17.2. The second-order valence-corrected chi connectivity index (χ2v) is 7.26. The van der Waals surface area contributed by atoms with Gasteiger partial charge in [-0.25, -0.2) is 0 Å². The lowest BCUT2D eigenvalue weighted by atomic mass is 9.69. The zero-order valence-electron chi connectivity index (χ0n) is 13.8. The first-order valence-electron chi connectivity index (χ1n) is 8.35. The summed E-state index contributed by atoms with van der Waals surface area (Å²) in [6.45, 7) is 5.09. The summed E-state index contributed by atoms with van der Waals surface area (Å²) in [6.07, 6.45) is 3.62. The van der Waals surface area contributed by atoms with Crippen molar-refractivity contribution < 1.29 is 9.53 Å². The third-order valence-corrected chi connectivity index (χ3v) is 5.48. The lowest BCUT2D eigenvalue weighted by molar-refractivity contribution is -0.121. The van der Waals surface area contributed by atoms with Gasteiger partial charge in [-0.15, -0.1) is 0 Å². The number of rotatable bonds is 3. The first kappa shape index (κ1) is 17.2. The largest absolute Gasteiger partial charge is 0.379 e. The van der Waals surface area contributed by atoms with Gasteiger partial charge in [-0.3, -0.25) is 9.69 Å². The maximum Gasteiger partial charge on any atom is 0.241 e. The highest BCUT2D eigenvalue weighted by molar-refractivity contribution is 6.32. The van der Waals surface area contributed by atoms with Crippen molar-refractivity contribution in [2.75, 3.05) is 31.6 Å². The maximum atomic E-state index is 12.6. The number of nitrogens with one attached hydrogen (secondary N) is 1. The molecule has 3 rings (SSSR count). The molecule has 1 N–H and O–H groups in total. The molecule has 0 aromatic heterocycles. The number of nitrogens with zero attached hydrogens (tertiary/aromatic N) is 2. The monoisotopic (exact) mass is 347 g/mol. The third-order valence-electron chi connectivity index (χ3n) is 5.17. The molecular weight excluding hydrogens is 326 g/mol. The number of amides is 1. The number of hydrogen-bond acceptors (Lipinski definition) is 4. The summed E-state index contributed by atoms with van der Waals surface area (Å²) in [5, 5.41) is 12.2. The molecule has 24 heavy (non-hydrogen) atoms. The maximum absolute atomic E-state index is 12.6. The minimum atomic E-state index is -0.237. The predicted octanol–water partition coefficient (Wildman–Crippen LogP) is 3.04. The fraction of sp³-hybridized carbons (Fsp3) is 0.556. The van der Waals surface area contributed by atoms with Crippen LogP contribution in [0.5, 0.6) is 0 Å². The van der Waals surface area contributed by atoms with Crippen molar-refractivity contribution in [2.45, 2.75) is 32.2 Å². The number of benzene rings is 1. The molecule has 2 fully saturated rings. The van der Waals surface area contributed by atoms with Gasteiger partial charge >= 0.3 is 0 Å². The lowest BCUT2D eigenvalue weighted by Gasteiger charge is -2.43. The van der Waals surface area contributed by atoms with E-state index in [4.69, 9.17) is 21.6 Å². The second-order valence-electron chi connectivity index (χ2n) is 6.85. The molecule has 5 nitrogen and oxygen atoms in total. The standard InChI is InChI=1S/C18H22ClN3O2/c1-13(22-7-8-24-12-18(11-22)5-2-6-18)17(23)21-15-4-3-14(10-20)16(19)9-15/h3-4,9,13H,2,5-8,11-12H2,1H3,(H,21,23). The van der Waals surface area contributed by atoms with Crippen LogP contribution in [0.4, 0.5) is 5.69 Å². The Morgan fingerprint density at radius 2 is 2.29 bits per heavy atom. The van der Waals surface area contributed by atoms with Crippen molar-refractivity contribution in [1.82, 2.24) is 4.90 Å². The van der Waals surface area contributed by atoms with Gasteiger partial charge in [0.15, 0.2) is 0 Å². The Kier molecular flexibility index (Phi) is 5.09. The Morgan fingerprint density at radius 3 is 2.92 bits per heavy atom. The molecule has 1 unspecified atom stereocenters. The normalized spacial score (nSPS) is 21.4. The topological polar surface area (TPSA) is 65.4 Å². The Morgan fingerprint density at radius 1 is 1.50 bits per heavy atom. The number of carbonyl (C=O) groups excluding carboxylic acids is 1. The van der Waals surface area contributed by atoms with Crippen molar-refractivity contribution in [1.29, 1.82) is 5.26 Å². The molecule has 0 bridgehead atoms. The average molecular weight is 348 g/mol. The van der Waals surface area contributed by atoms with Crippen LogP contribution in [-0.2, 0) is 9.53 Å². The molecule has 1 aromatic rings. The molecule has 6 heteroatoms. The SMILES string of the molecule is CC(C(=O)Nc1ccc(C#N)c(Cl)c1)N1CCOCC2(CCC2)C1. The van der Waals surface area contributed by atoms with Gasteiger partial charge in [-0.1, -0.05) is 18.0 Å². The number of ether oxygens (including phenoxy) is 1. The summed E-state index contributed by atoms with van der Waals surface area (Å²) >= 11 is 6.03. The van der Waals surface area contributed by atoms with Gasteiger partial charge in [-0.05, 0) is 38.0 Å². The van der Waals surface area contributed by atoms with E-state index in [0.29, 0.717) is 22.9 Å². The Hall–Kier alpha value is -1.61. The van der Waals surface area contributed by atoms with E-state index in [9.17, 15) is 4.79 Å². The van der Waals surface area contributed by atoms with Crippen LogP contribution in [0.25, 0.3) is 0 Å². The summed E-state index contributed by atoms with van der Waals surface area (Å²) in [6, 6.07) is 6.71. The number of carbonyl (C=O) groups is 1. The highest BCUT2D eigenvalue weighted by Crippen LogP contribution is 2.43. The molecule has 128 valence electrons. The number of anilines is 1. The fourth-order valence-corrected chi connectivity index (χ4v) is 3.65. The minimum absolute atomic E-state index is 0.0628. The number of halogens is 1. The minimum Gasteiger partial charge on any atom is -0.379 e. The average Bonchev–Trinajstić information content (AvgIpc) is 2.77. The molecule has 1 amide bonds. The summed E-state index contributed by atoms with van der Waals surface area (Å²) in [7, 11) is 0. The van der Waals surface area contributed by atoms with Crippen LogP contribution in [0.15, 0.2) is 18.2 Å². The molecule has 1 aliphatic heterocycles. The van der Waals surface area contributed by atoms with E-state index in [-0.39, 0.29) is 17.4 Å². The van der Waals surface area contributed by atoms with E-state index in [2.05, 4.69) is 10.2 Å². The van der Waals surface area contributed by atoms with E-state index in [1.165, 1.54) is 19.3 Å². The number of hydrogen-bond donors (Lipinski definition) is 1. The van der Waals surface area contributed by atoms with Gasteiger partial charge in [-0.2, -0.15) is 5.26 Å². The van der Waals surface area contributed by atoms with Crippen LogP contribution in [0.2, 0.25) is 5.02 Å². The Balaban J connectivity index is 1.65. The predicted molar refractivity (Wildman–Crippen MR) is 92.9 cm³/mol. The van der Waals surface area contributed by atoms with Gasteiger partial charge in [0.05, 0.1) is 29.8 Å². The Labute approximate surface area is 147 Å². The molecule has 1 aromatic carbocycles. The van der Waals surface area contributed by atoms with Crippen LogP contribution >= 0.6 is 11.6 Å². The fourth-order valence-electron chi connectivity index (χ4n) is 3.43. The van der Waals surface area contributed by atoms with Crippen molar-refractivity contribution >= 4 is 23.2 Å². The highest BCUT2D eigenvalue weighted by atomic mass is 35.5. The smallest absolute Gasteiger partial charge is 0.241 e. The molecule has 1 heterocycles.